The van der Waals surface area contributed by atoms with Gasteiger partial charge in [-0.1, -0.05) is 18.2 Å². The van der Waals surface area contributed by atoms with Crippen molar-refractivity contribution >= 4 is 5.91 Å². The van der Waals surface area contributed by atoms with E-state index in [0.29, 0.717) is 6.54 Å². The number of hydrogen-bond donors (Lipinski definition) is 2. The molecule has 22 heavy (non-hydrogen) atoms. The molecule has 1 aromatic heterocycles. The molecular formula is C15H16FN3O3. The number of rotatable bonds is 5. The van der Waals surface area contributed by atoms with Crippen LogP contribution in [0.4, 0.5) is 4.39 Å². The Hall–Kier alpha value is -2.54. The van der Waals surface area contributed by atoms with Crippen molar-refractivity contribution in [2.75, 3.05) is 6.54 Å². The van der Waals surface area contributed by atoms with Gasteiger partial charge in [-0.3, -0.25) is 9.59 Å². The summed E-state index contributed by atoms with van der Waals surface area (Å²) in [4.78, 5) is 23.4. The third-order valence-electron chi connectivity index (χ3n) is 3.12. The molecule has 0 spiro atoms. The van der Waals surface area contributed by atoms with Crippen LogP contribution in [-0.4, -0.2) is 27.3 Å². The van der Waals surface area contributed by atoms with Gasteiger partial charge in [0.15, 0.2) is 0 Å². The Balaban J connectivity index is 2.04. The predicted molar refractivity (Wildman–Crippen MR) is 77.9 cm³/mol. The number of aliphatic hydroxyl groups is 1. The molecule has 0 radical (unpaired) electrons. The number of nitrogens with zero attached hydrogens (tertiary/aromatic N) is 2. The number of carbonyl (C=O) groups is 1. The normalized spacial score (nSPS) is 12.0. The lowest BCUT2D eigenvalue weighted by atomic mass is 10.1. The van der Waals surface area contributed by atoms with Crippen LogP contribution in [0.1, 0.15) is 29.1 Å². The summed E-state index contributed by atoms with van der Waals surface area (Å²) >= 11 is 0. The highest BCUT2D eigenvalue weighted by atomic mass is 19.1. The number of aliphatic hydroxyl groups excluding tert-OH is 1. The molecule has 7 heteroatoms. The Labute approximate surface area is 126 Å². The Bertz CT molecular complexity index is 730. The lowest BCUT2D eigenvalue weighted by molar-refractivity contribution is 0.0906. The van der Waals surface area contributed by atoms with Gasteiger partial charge >= 0.3 is 0 Å². The van der Waals surface area contributed by atoms with Gasteiger partial charge in [0.25, 0.3) is 11.5 Å². The summed E-state index contributed by atoms with van der Waals surface area (Å²) in [5, 5.41) is 16.3. The molecular weight excluding hydrogens is 289 g/mol. The number of aryl methyl sites for hydroxylation is 1. The van der Waals surface area contributed by atoms with Crippen LogP contribution in [0.2, 0.25) is 0 Å². The molecule has 0 aliphatic heterocycles. The molecule has 0 fully saturated rings. The van der Waals surface area contributed by atoms with Crippen molar-refractivity contribution < 1.29 is 14.3 Å². The van der Waals surface area contributed by atoms with Gasteiger partial charge in [0.2, 0.25) is 0 Å². The SMILES string of the molecule is CCn1nc(C(=O)NCC(O)c2ccccc2F)ccc1=O. The van der Waals surface area contributed by atoms with Gasteiger partial charge in [-0.15, -0.1) is 0 Å². The van der Waals surface area contributed by atoms with Gasteiger partial charge < -0.3 is 10.4 Å². The highest BCUT2D eigenvalue weighted by Crippen LogP contribution is 2.15. The fourth-order valence-corrected chi connectivity index (χ4v) is 1.93. The molecule has 0 saturated heterocycles. The highest BCUT2D eigenvalue weighted by Gasteiger charge is 2.15. The van der Waals surface area contributed by atoms with E-state index in [-0.39, 0.29) is 23.4 Å². The molecule has 2 aromatic rings. The summed E-state index contributed by atoms with van der Waals surface area (Å²) in [5.74, 6) is -1.08. The maximum absolute atomic E-state index is 13.5. The Morgan fingerprint density at radius 2 is 2.09 bits per heavy atom. The molecule has 6 nitrogen and oxygen atoms in total. The van der Waals surface area contributed by atoms with Crippen LogP contribution in [0.5, 0.6) is 0 Å². The molecule has 0 aliphatic carbocycles. The minimum Gasteiger partial charge on any atom is -0.386 e. The minimum absolute atomic E-state index is 0.0576. The van der Waals surface area contributed by atoms with Crippen LogP contribution >= 0.6 is 0 Å². The van der Waals surface area contributed by atoms with Crippen molar-refractivity contribution in [3.05, 3.63) is 63.8 Å². The quantitative estimate of drug-likeness (QED) is 0.858. The van der Waals surface area contributed by atoms with Crippen LogP contribution in [-0.2, 0) is 6.54 Å². The van der Waals surface area contributed by atoms with Crippen LogP contribution in [0, 0.1) is 5.82 Å². The molecule has 0 bridgehead atoms. The average molecular weight is 305 g/mol. The van der Waals surface area contributed by atoms with Gasteiger partial charge in [0.05, 0.1) is 6.10 Å². The fraction of sp³-hybridized carbons (Fsp3) is 0.267. The predicted octanol–water partition coefficient (Wildman–Crippen LogP) is 0.866. The van der Waals surface area contributed by atoms with E-state index in [0.717, 1.165) is 4.68 Å². The Morgan fingerprint density at radius 1 is 1.36 bits per heavy atom. The van der Waals surface area contributed by atoms with Crippen LogP contribution in [0.25, 0.3) is 0 Å². The second-order valence-electron chi connectivity index (χ2n) is 4.62. The molecule has 0 aliphatic rings. The summed E-state index contributed by atoms with van der Waals surface area (Å²) in [6, 6.07) is 8.35. The zero-order chi connectivity index (χ0) is 16.1. The van der Waals surface area contributed by atoms with E-state index in [1.165, 1.54) is 30.3 Å². The Kier molecular flexibility index (Phi) is 5.00. The molecule has 1 unspecified atom stereocenters. The summed E-state index contributed by atoms with van der Waals surface area (Å²) in [6.45, 7) is 1.92. The lowest BCUT2D eigenvalue weighted by Crippen LogP contribution is -2.32. The van der Waals surface area contributed by atoms with Crippen molar-refractivity contribution in [1.82, 2.24) is 15.1 Å². The first kappa shape index (κ1) is 15.8. The number of carbonyl (C=O) groups excluding carboxylic acids is 1. The average Bonchev–Trinajstić information content (AvgIpc) is 2.53. The van der Waals surface area contributed by atoms with Gasteiger partial charge in [0.1, 0.15) is 11.5 Å². The van der Waals surface area contributed by atoms with Crippen molar-refractivity contribution in [3.63, 3.8) is 0 Å². The second kappa shape index (κ2) is 6.95. The van der Waals surface area contributed by atoms with Gasteiger partial charge in [0, 0.05) is 24.7 Å². The van der Waals surface area contributed by atoms with E-state index in [4.69, 9.17) is 0 Å². The maximum Gasteiger partial charge on any atom is 0.271 e. The first-order valence-electron chi connectivity index (χ1n) is 6.81. The third-order valence-corrected chi connectivity index (χ3v) is 3.12. The molecule has 1 atom stereocenters. The first-order chi connectivity index (χ1) is 10.5. The summed E-state index contributed by atoms with van der Waals surface area (Å²) in [5.41, 5.74) is -0.137. The standard InChI is InChI=1S/C15H16FN3O3/c1-2-19-14(21)8-7-12(18-19)15(22)17-9-13(20)10-5-3-4-6-11(10)16/h3-8,13,20H,2,9H2,1H3,(H,17,22). The molecule has 2 rings (SSSR count). The minimum atomic E-state index is -1.16. The summed E-state index contributed by atoms with van der Waals surface area (Å²) in [6.07, 6.45) is -1.16. The lowest BCUT2D eigenvalue weighted by Gasteiger charge is -2.13. The number of hydrogen-bond acceptors (Lipinski definition) is 4. The molecule has 116 valence electrons. The monoisotopic (exact) mass is 305 g/mol. The highest BCUT2D eigenvalue weighted by molar-refractivity contribution is 5.92. The van der Waals surface area contributed by atoms with Crippen LogP contribution in [0.3, 0.4) is 0 Å². The van der Waals surface area contributed by atoms with Gasteiger partial charge in [-0.05, 0) is 19.1 Å². The third kappa shape index (κ3) is 3.56. The summed E-state index contributed by atoms with van der Waals surface area (Å²) in [7, 11) is 0. The first-order valence-corrected chi connectivity index (χ1v) is 6.81. The molecule has 1 heterocycles. The Morgan fingerprint density at radius 3 is 2.77 bits per heavy atom. The second-order valence-corrected chi connectivity index (χ2v) is 4.62. The van der Waals surface area contributed by atoms with Crippen LogP contribution < -0.4 is 10.9 Å². The smallest absolute Gasteiger partial charge is 0.271 e. The van der Waals surface area contributed by atoms with E-state index in [9.17, 15) is 19.1 Å². The number of halogens is 1. The zero-order valence-electron chi connectivity index (χ0n) is 12.0. The number of amides is 1. The topological polar surface area (TPSA) is 84.2 Å². The van der Waals surface area contributed by atoms with E-state index in [2.05, 4.69) is 10.4 Å². The van der Waals surface area contributed by atoms with Gasteiger partial charge in [-0.25, -0.2) is 9.07 Å². The molecule has 2 N–H and O–H groups in total. The largest absolute Gasteiger partial charge is 0.386 e. The van der Waals surface area contributed by atoms with E-state index in [1.807, 2.05) is 0 Å². The van der Waals surface area contributed by atoms with Crippen molar-refractivity contribution in [3.8, 4) is 0 Å². The van der Waals surface area contributed by atoms with Crippen molar-refractivity contribution in [1.29, 1.82) is 0 Å². The van der Waals surface area contributed by atoms with E-state index < -0.39 is 17.8 Å². The number of aromatic nitrogens is 2. The number of nitrogens with one attached hydrogen (secondary N) is 1. The zero-order valence-corrected chi connectivity index (χ0v) is 12.0. The van der Waals surface area contributed by atoms with Crippen molar-refractivity contribution in [2.24, 2.45) is 0 Å². The van der Waals surface area contributed by atoms with Crippen molar-refractivity contribution in [2.45, 2.75) is 19.6 Å². The molecule has 0 saturated carbocycles. The maximum atomic E-state index is 13.5. The summed E-state index contributed by atoms with van der Waals surface area (Å²) < 4.78 is 14.7. The molecule has 1 amide bonds. The number of benzene rings is 1. The fourth-order valence-electron chi connectivity index (χ4n) is 1.93. The van der Waals surface area contributed by atoms with E-state index >= 15 is 0 Å². The van der Waals surface area contributed by atoms with E-state index in [1.54, 1.807) is 13.0 Å². The van der Waals surface area contributed by atoms with Gasteiger partial charge in [-0.2, -0.15) is 5.10 Å². The van der Waals surface area contributed by atoms with Crippen LogP contribution in [0.15, 0.2) is 41.2 Å². The molecule has 1 aromatic carbocycles.